The van der Waals surface area contributed by atoms with E-state index in [-0.39, 0.29) is 11.9 Å². The number of hydrogen-bond acceptors (Lipinski definition) is 3. The molecule has 0 radical (unpaired) electrons. The molecular weight excluding hydrogens is 302 g/mol. The first-order valence-electron chi connectivity index (χ1n) is 9.29. The lowest BCUT2D eigenvalue weighted by molar-refractivity contribution is 0.0942. The van der Waals surface area contributed by atoms with Gasteiger partial charge in [0.15, 0.2) is 11.5 Å². The third-order valence-corrected chi connectivity index (χ3v) is 3.64. The molecule has 0 aromatic heterocycles. The number of amides is 1. The number of rotatable bonds is 12. The average Bonchev–Trinajstić information content (AvgIpc) is 2.55. The Labute approximate surface area is 146 Å². The van der Waals surface area contributed by atoms with Gasteiger partial charge in [-0.2, -0.15) is 0 Å². The van der Waals surface area contributed by atoms with Gasteiger partial charge in [-0.15, -0.1) is 0 Å². The summed E-state index contributed by atoms with van der Waals surface area (Å²) in [7, 11) is 0. The minimum Gasteiger partial charge on any atom is -0.490 e. The summed E-state index contributed by atoms with van der Waals surface area (Å²) >= 11 is 0. The zero-order chi connectivity index (χ0) is 17.8. The Balaban J connectivity index is 2.77. The summed E-state index contributed by atoms with van der Waals surface area (Å²) in [6.07, 6.45) is 6.65. The first kappa shape index (κ1) is 20.3. The molecule has 0 saturated carbocycles. The van der Waals surface area contributed by atoms with Crippen molar-refractivity contribution in [3.05, 3.63) is 23.8 Å². The largest absolute Gasteiger partial charge is 0.490 e. The predicted molar refractivity (Wildman–Crippen MR) is 99.1 cm³/mol. The first-order chi connectivity index (χ1) is 11.6. The first-order valence-corrected chi connectivity index (χ1v) is 9.29. The van der Waals surface area contributed by atoms with E-state index in [4.69, 9.17) is 9.47 Å². The minimum absolute atomic E-state index is 0.0825. The van der Waals surface area contributed by atoms with E-state index in [1.165, 1.54) is 0 Å². The summed E-state index contributed by atoms with van der Waals surface area (Å²) in [6.45, 7) is 9.56. The van der Waals surface area contributed by atoms with Crippen molar-refractivity contribution in [3.63, 3.8) is 0 Å². The van der Waals surface area contributed by atoms with Crippen molar-refractivity contribution >= 4 is 5.91 Å². The maximum Gasteiger partial charge on any atom is 0.251 e. The van der Waals surface area contributed by atoms with Gasteiger partial charge >= 0.3 is 0 Å². The fourth-order valence-corrected chi connectivity index (χ4v) is 2.30. The highest BCUT2D eigenvalue weighted by atomic mass is 16.5. The van der Waals surface area contributed by atoms with Gasteiger partial charge in [-0.1, -0.05) is 39.5 Å². The number of carbonyl (C=O) groups is 1. The molecule has 1 amide bonds. The Hall–Kier alpha value is -1.71. The molecular formula is C20H33NO3. The van der Waals surface area contributed by atoms with Crippen molar-refractivity contribution in [2.45, 2.75) is 72.3 Å². The van der Waals surface area contributed by atoms with Crippen LogP contribution in [0.5, 0.6) is 11.5 Å². The van der Waals surface area contributed by atoms with Crippen LogP contribution in [-0.4, -0.2) is 25.2 Å². The van der Waals surface area contributed by atoms with Gasteiger partial charge in [0.05, 0.1) is 13.2 Å². The normalized spacial score (nSPS) is 10.7. The minimum atomic E-state index is -0.0825. The molecule has 136 valence electrons. The van der Waals surface area contributed by atoms with E-state index in [9.17, 15) is 4.79 Å². The van der Waals surface area contributed by atoms with Crippen molar-refractivity contribution in [3.8, 4) is 11.5 Å². The van der Waals surface area contributed by atoms with E-state index >= 15 is 0 Å². The molecule has 0 atom stereocenters. The summed E-state index contributed by atoms with van der Waals surface area (Å²) in [5, 5.41) is 2.91. The zero-order valence-corrected chi connectivity index (χ0v) is 15.7. The number of carbonyl (C=O) groups excluding carboxylic acids is 1. The fourth-order valence-electron chi connectivity index (χ4n) is 2.30. The highest BCUT2D eigenvalue weighted by Gasteiger charge is 2.12. The van der Waals surface area contributed by atoms with Crippen molar-refractivity contribution in [2.75, 3.05) is 13.2 Å². The number of ether oxygens (including phenoxy) is 2. The molecule has 1 rings (SSSR count). The third kappa shape index (κ3) is 7.71. The quantitative estimate of drug-likeness (QED) is 0.549. The van der Waals surface area contributed by atoms with Crippen LogP contribution in [0.15, 0.2) is 18.2 Å². The van der Waals surface area contributed by atoms with E-state index in [1.54, 1.807) is 12.1 Å². The second-order valence-corrected chi connectivity index (χ2v) is 6.40. The molecule has 0 fully saturated rings. The van der Waals surface area contributed by atoms with Gasteiger partial charge in [-0.3, -0.25) is 4.79 Å². The van der Waals surface area contributed by atoms with Crippen LogP contribution in [-0.2, 0) is 0 Å². The second kappa shape index (κ2) is 11.8. The molecule has 4 nitrogen and oxygen atoms in total. The molecule has 0 heterocycles. The van der Waals surface area contributed by atoms with Gasteiger partial charge in [0, 0.05) is 11.6 Å². The van der Waals surface area contributed by atoms with E-state index in [0.717, 1.165) is 44.3 Å². The predicted octanol–water partition coefficient (Wildman–Crippen LogP) is 4.96. The summed E-state index contributed by atoms with van der Waals surface area (Å²) in [5.41, 5.74) is 0.607. The van der Waals surface area contributed by atoms with Crippen LogP contribution in [0.4, 0.5) is 0 Å². The number of unbranched alkanes of at least 4 members (excludes halogenated alkanes) is 4. The molecule has 0 aliphatic carbocycles. The molecule has 24 heavy (non-hydrogen) atoms. The highest BCUT2D eigenvalue weighted by Crippen LogP contribution is 2.29. The number of benzene rings is 1. The number of hydrogen-bond donors (Lipinski definition) is 1. The van der Waals surface area contributed by atoms with Gasteiger partial charge < -0.3 is 14.8 Å². The topological polar surface area (TPSA) is 47.6 Å². The van der Waals surface area contributed by atoms with Crippen LogP contribution < -0.4 is 14.8 Å². The molecule has 0 aliphatic rings. The third-order valence-electron chi connectivity index (χ3n) is 3.64. The van der Waals surface area contributed by atoms with Crippen LogP contribution in [0.2, 0.25) is 0 Å². The van der Waals surface area contributed by atoms with Crippen LogP contribution in [0.3, 0.4) is 0 Å². The lowest BCUT2D eigenvalue weighted by atomic mass is 10.1. The molecule has 0 aliphatic heterocycles. The van der Waals surface area contributed by atoms with Crippen LogP contribution in [0.25, 0.3) is 0 Å². The van der Waals surface area contributed by atoms with Crippen molar-refractivity contribution in [1.29, 1.82) is 0 Å². The molecule has 0 bridgehead atoms. The van der Waals surface area contributed by atoms with Crippen LogP contribution in [0, 0.1) is 0 Å². The van der Waals surface area contributed by atoms with Crippen molar-refractivity contribution in [2.24, 2.45) is 0 Å². The molecule has 1 N–H and O–H groups in total. The maximum atomic E-state index is 12.2. The molecule has 0 unspecified atom stereocenters. The van der Waals surface area contributed by atoms with E-state index < -0.39 is 0 Å². The molecule has 1 aromatic carbocycles. The van der Waals surface area contributed by atoms with Gasteiger partial charge in [0.25, 0.3) is 5.91 Å². The van der Waals surface area contributed by atoms with Crippen LogP contribution in [0.1, 0.15) is 76.6 Å². The van der Waals surface area contributed by atoms with Gasteiger partial charge in [0.1, 0.15) is 0 Å². The van der Waals surface area contributed by atoms with Crippen LogP contribution >= 0.6 is 0 Å². The fraction of sp³-hybridized carbons (Fsp3) is 0.650. The Bertz CT molecular complexity index is 486. The van der Waals surface area contributed by atoms with Gasteiger partial charge in [-0.25, -0.2) is 0 Å². The molecule has 0 spiro atoms. The maximum absolute atomic E-state index is 12.2. The van der Waals surface area contributed by atoms with Gasteiger partial charge in [-0.05, 0) is 44.9 Å². The summed E-state index contributed by atoms with van der Waals surface area (Å²) in [6, 6.07) is 5.54. The van der Waals surface area contributed by atoms with E-state index in [0.29, 0.717) is 24.5 Å². The zero-order valence-electron chi connectivity index (χ0n) is 15.7. The Morgan fingerprint density at radius 3 is 2.08 bits per heavy atom. The standard InChI is InChI=1S/C20H33NO3/c1-5-7-9-13-23-18-12-11-17(20(22)21-16(3)4)15-19(18)24-14-10-8-6-2/h11-12,15-16H,5-10,13-14H2,1-4H3,(H,21,22). The Morgan fingerprint density at radius 1 is 0.958 bits per heavy atom. The smallest absolute Gasteiger partial charge is 0.251 e. The number of nitrogens with one attached hydrogen (secondary N) is 1. The van der Waals surface area contributed by atoms with E-state index in [2.05, 4.69) is 19.2 Å². The summed E-state index contributed by atoms with van der Waals surface area (Å²) < 4.78 is 11.7. The summed E-state index contributed by atoms with van der Waals surface area (Å²) in [4.78, 5) is 12.2. The van der Waals surface area contributed by atoms with Crippen molar-refractivity contribution in [1.82, 2.24) is 5.32 Å². The lowest BCUT2D eigenvalue weighted by Gasteiger charge is -2.15. The highest BCUT2D eigenvalue weighted by molar-refractivity contribution is 5.95. The second-order valence-electron chi connectivity index (χ2n) is 6.40. The summed E-state index contributed by atoms with van der Waals surface area (Å²) in [5.74, 6) is 1.31. The monoisotopic (exact) mass is 335 g/mol. The average molecular weight is 335 g/mol. The van der Waals surface area contributed by atoms with E-state index in [1.807, 2.05) is 19.9 Å². The lowest BCUT2D eigenvalue weighted by Crippen LogP contribution is -2.30. The molecule has 1 aromatic rings. The van der Waals surface area contributed by atoms with Crippen molar-refractivity contribution < 1.29 is 14.3 Å². The Morgan fingerprint density at radius 2 is 1.54 bits per heavy atom. The molecule has 4 heteroatoms. The van der Waals surface area contributed by atoms with Gasteiger partial charge in [0.2, 0.25) is 0 Å². The Kier molecular flexibility index (Phi) is 9.97. The SMILES string of the molecule is CCCCCOc1ccc(C(=O)NC(C)C)cc1OCCCCC. The molecule has 0 saturated heterocycles.